The summed E-state index contributed by atoms with van der Waals surface area (Å²) in [5, 5.41) is 18.4. The van der Waals surface area contributed by atoms with Crippen molar-refractivity contribution < 1.29 is 5.11 Å². The zero-order valence-electron chi connectivity index (χ0n) is 15.8. The number of aliphatic imine (C=N–C) groups is 1. The second kappa shape index (κ2) is 7.21. The van der Waals surface area contributed by atoms with E-state index in [2.05, 4.69) is 21.2 Å². The topological polar surface area (TPSA) is 90.5 Å². The molecule has 1 fully saturated rings. The average molecular weight is 408 g/mol. The van der Waals surface area contributed by atoms with E-state index < -0.39 is 0 Å². The molecule has 0 radical (unpaired) electrons. The van der Waals surface area contributed by atoms with E-state index in [0.29, 0.717) is 23.3 Å². The van der Waals surface area contributed by atoms with Crippen LogP contribution in [-0.2, 0) is 0 Å². The van der Waals surface area contributed by atoms with Gasteiger partial charge in [0.2, 0.25) is 0 Å². The van der Waals surface area contributed by atoms with Crippen LogP contribution in [0.2, 0.25) is 5.02 Å². The first-order valence-electron chi connectivity index (χ1n) is 9.77. The molecule has 1 saturated carbocycles. The molecule has 0 amide bonds. The average Bonchev–Trinajstić information content (AvgIpc) is 3.16. The third-order valence-corrected chi connectivity index (χ3v) is 5.96. The number of halogens is 1. The number of amidine groups is 1. The number of hydrogen-bond donors (Lipinski definition) is 3. The van der Waals surface area contributed by atoms with Gasteiger partial charge >= 0.3 is 0 Å². The molecule has 0 atom stereocenters. The van der Waals surface area contributed by atoms with Gasteiger partial charge < -0.3 is 15.7 Å². The highest BCUT2D eigenvalue weighted by molar-refractivity contribution is 6.35. The molecular weight excluding hydrogens is 386 g/mol. The predicted octanol–water partition coefficient (Wildman–Crippen LogP) is 3.49. The number of aromatic nitrogens is 2. The lowest BCUT2D eigenvalue weighted by atomic mass is 9.81. The van der Waals surface area contributed by atoms with Crippen LogP contribution in [0.5, 0.6) is 0 Å². The maximum Gasteiger partial charge on any atom is 0.119 e. The van der Waals surface area contributed by atoms with Crippen molar-refractivity contribution in [2.24, 2.45) is 16.6 Å². The van der Waals surface area contributed by atoms with Crippen molar-refractivity contribution in [1.82, 2.24) is 15.1 Å². The molecular formula is C22H22ClN5O. The second-order valence-electron chi connectivity index (χ2n) is 7.83. The third-order valence-electron chi connectivity index (χ3n) is 5.66. The highest BCUT2D eigenvalue weighted by Gasteiger charge is 2.32. The van der Waals surface area contributed by atoms with Crippen molar-refractivity contribution in [2.45, 2.75) is 18.9 Å². The minimum Gasteiger partial charge on any atom is -0.393 e. The summed E-state index contributed by atoms with van der Waals surface area (Å²) in [6.45, 7) is 1.37. The molecule has 0 unspecified atom stereocenters. The zero-order valence-corrected chi connectivity index (χ0v) is 16.6. The molecule has 2 heterocycles. The van der Waals surface area contributed by atoms with Crippen LogP contribution in [0.4, 0.5) is 0 Å². The molecule has 148 valence electrons. The molecule has 6 nitrogen and oxygen atoms in total. The predicted molar refractivity (Wildman–Crippen MR) is 116 cm³/mol. The van der Waals surface area contributed by atoms with Crippen LogP contribution in [0.25, 0.3) is 22.3 Å². The lowest BCUT2D eigenvalue weighted by Crippen LogP contribution is -2.43. The summed E-state index contributed by atoms with van der Waals surface area (Å²) in [4.78, 5) is 7.02. The summed E-state index contributed by atoms with van der Waals surface area (Å²) in [7, 11) is 0. The number of benzene rings is 2. The van der Waals surface area contributed by atoms with Crippen molar-refractivity contribution >= 4 is 39.7 Å². The molecule has 5 rings (SSSR count). The number of aromatic amines is 1. The molecule has 1 aliphatic heterocycles. The molecule has 2 aliphatic rings. The fraction of sp³-hybridized carbons (Fsp3) is 0.273. The quantitative estimate of drug-likeness (QED) is 0.617. The number of aliphatic hydroxyl groups excluding tert-OH is 1. The number of nitrogens with zero attached hydrogens (tertiary/aromatic N) is 3. The van der Waals surface area contributed by atoms with Crippen LogP contribution >= 0.6 is 11.6 Å². The van der Waals surface area contributed by atoms with Gasteiger partial charge in [0.15, 0.2) is 0 Å². The lowest BCUT2D eigenvalue weighted by Gasteiger charge is -2.39. The molecule has 29 heavy (non-hydrogen) atoms. The summed E-state index contributed by atoms with van der Waals surface area (Å²) in [5.74, 6) is 1.03. The number of aliphatic hydroxyl groups is 1. The van der Waals surface area contributed by atoms with Gasteiger partial charge in [0.1, 0.15) is 5.84 Å². The lowest BCUT2D eigenvalue weighted by molar-refractivity contribution is 0.0337. The first-order valence-corrected chi connectivity index (χ1v) is 10.1. The van der Waals surface area contributed by atoms with E-state index in [0.717, 1.165) is 52.8 Å². The largest absolute Gasteiger partial charge is 0.393 e. The first-order chi connectivity index (χ1) is 14.1. The minimum atomic E-state index is -0.187. The second-order valence-corrected chi connectivity index (χ2v) is 8.24. The monoisotopic (exact) mass is 407 g/mol. The summed E-state index contributed by atoms with van der Waals surface area (Å²) >= 11 is 6.55. The highest BCUT2D eigenvalue weighted by Crippen LogP contribution is 2.38. The van der Waals surface area contributed by atoms with Gasteiger partial charge in [-0.25, -0.2) is 4.99 Å². The van der Waals surface area contributed by atoms with Crippen LogP contribution in [-0.4, -0.2) is 45.2 Å². The smallest absolute Gasteiger partial charge is 0.119 e. The standard InChI is InChI=1S/C22H22ClN5O/c23-18-9-15(8-16-10-25-27-20(16)18)22-21(14-4-2-1-3-5-14)26-19(24)12-28(22)11-13-6-17(29)7-13/h1-5,8-10,13,17,29H,6-7,11-12H2,(H2,24,26)(H,25,27). The normalized spacial score (nSPS) is 22.0. The number of H-pyrrole nitrogens is 1. The highest BCUT2D eigenvalue weighted by atomic mass is 35.5. The summed E-state index contributed by atoms with van der Waals surface area (Å²) < 4.78 is 0. The van der Waals surface area contributed by atoms with E-state index in [1.54, 1.807) is 6.20 Å². The van der Waals surface area contributed by atoms with Gasteiger partial charge in [-0.2, -0.15) is 5.10 Å². The molecule has 3 aromatic rings. The van der Waals surface area contributed by atoms with Gasteiger partial charge in [-0.15, -0.1) is 0 Å². The Morgan fingerprint density at radius 3 is 2.72 bits per heavy atom. The Kier molecular flexibility index (Phi) is 4.53. The van der Waals surface area contributed by atoms with E-state index in [1.165, 1.54) is 0 Å². The van der Waals surface area contributed by atoms with Crippen LogP contribution in [0, 0.1) is 5.92 Å². The van der Waals surface area contributed by atoms with Crippen molar-refractivity contribution in [3.05, 3.63) is 64.8 Å². The van der Waals surface area contributed by atoms with Crippen LogP contribution in [0.3, 0.4) is 0 Å². The summed E-state index contributed by atoms with van der Waals surface area (Å²) in [6, 6.07) is 14.1. The molecule has 0 bridgehead atoms. The van der Waals surface area contributed by atoms with Gasteiger partial charge in [0, 0.05) is 23.1 Å². The van der Waals surface area contributed by atoms with Gasteiger partial charge in [-0.05, 0) is 30.9 Å². The fourth-order valence-corrected chi connectivity index (χ4v) is 4.51. The summed E-state index contributed by atoms with van der Waals surface area (Å²) in [6.07, 6.45) is 3.24. The van der Waals surface area contributed by atoms with Gasteiger partial charge in [0.05, 0.1) is 40.8 Å². The Morgan fingerprint density at radius 2 is 1.97 bits per heavy atom. The van der Waals surface area contributed by atoms with Gasteiger partial charge in [-0.3, -0.25) is 5.10 Å². The molecule has 1 aliphatic carbocycles. The Bertz CT molecular complexity index is 1110. The molecule has 4 N–H and O–H groups in total. The number of rotatable bonds is 4. The number of nitrogens with two attached hydrogens (primary N) is 1. The number of fused-ring (bicyclic) bond motifs is 1. The number of hydrogen-bond acceptors (Lipinski definition) is 5. The van der Waals surface area contributed by atoms with E-state index in [1.807, 2.05) is 36.4 Å². The third kappa shape index (κ3) is 3.39. The Morgan fingerprint density at radius 1 is 1.17 bits per heavy atom. The minimum absolute atomic E-state index is 0.187. The van der Waals surface area contributed by atoms with Gasteiger partial charge in [0.25, 0.3) is 0 Å². The maximum absolute atomic E-state index is 9.74. The van der Waals surface area contributed by atoms with Crippen LogP contribution in [0.15, 0.2) is 53.7 Å². The first kappa shape index (κ1) is 18.2. The fourth-order valence-electron chi connectivity index (χ4n) is 4.24. The van der Waals surface area contributed by atoms with Crippen molar-refractivity contribution in [3.8, 4) is 0 Å². The maximum atomic E-state index is 9.74. The van der Waals surface area contributed by atoms with E-state index in [4.69, 9.17) is 22.3 Å². The van der Waals surface area contributed by atoms with E-state index in [-0.39, 0.29) is 6.10 Å². The van der Waals surface area contributed by atoms with Crippen LogP contribution in [0.1, 0.15) is 24.0 Å². The van der Waals surface area contributed by atoms with Crippen molar-refractivity contribution in [1.29, 1.82) is 0 Å². The SMILES string of the molecule is NC1=NC(c2ccccc2)=C(c2cc(Cl)c3[nH]ncc3c2)N(CC2CC(O)C2)C1. The number of nitrogens with one attached hydrogen (secondary N) is 1. The van der Waals surface area contributed by atoms with Crippen LogP contribution < -0.4 is 5.73 Å². The van der Waals surface area contributed by atoms with E-state index >= 15 is 0 Å². The summed E-state index contributed by atoms with van der Waals surface area (Å²) in [5.41, 5.74) is 10.9. The Labute approximate surface area is 173 Å². The zero-order chi connectivity index (χ0) is 20.0. The molecule has 1 aromatic heterocycles. The Balaban J connectivity index is 1.67. The molecule has 0 saturated heterocycles. The van der Waals surface area contributed by atoms with Crippen molar-refractivity contribution in [2.75, 3.05) is 13.1 Å². The van der Waals surface area contributed by atoms with Gasteiger partial charge in [-0.1, -0.05) is 41.9 Å². The Hall–Kier alpha value is -2.83. The molecule has 0 spiro atoms. The van der Waals surface area contributed by atoms with Crippen molar-refractivity contribution in [3.63, 3.8) is 0 Å². The van der Waals surface area contributed by atoms with E-state index in [9.17, 15) is 5.11 Å². The molecule has 7 heteroatoms. The molecule has 2 aromatic carbocycles.